The highest BCUT2D eigenvalue weighted by Crippen LogP contribution is 2.35. The number of aromatic amines is 1. The van der Waals surface area contributed by atoms with Gasteiger partial charge in [-0.1, -0.05) is 6.07 Å². The minimum absolute atomic E-state index is 0.186. The van der Waals surface area contributed by atoms with Crippen LogP contribution in [0.15, 0.2) is 54.7 Å². The number of nitrogens with one attached hydrogen (secondary N) is 2. The Labute approximate surface area is 154 Å². The van der Waals surface area contributed by atoms with E-state index in [1.165, 1.54) is 0 Å². The monoisotopic (exact) mass is 360 g/mol. The normalized spacial score (nSPS) is 12.9. The van der Waals surface area contributed by atoms with Crippen LogP contribution in [-0.2, 0) is 0 Å². The van der Waals surface area contributed by atoms with Crippen LogP contribution < -0.4 is 14.8 Å². The molecule has 27 heavy (non-hydrogen) atoms. The molecule has 0 saturated heterocycles. The highest BCUT2D eigenvalue weighted by molar-refractivity contribution is 5.90. The summed E-state index contributed by atoms with van der Waals surface area (Å²) in [6, 6.07) is 14.5. The maximum Gasteiger partial charge on any atom is 0.162 e. The topological polar surface area (TPSA) is 92.3 Å². The summed E-state index contributed by atoms with van der Waals surface area (Å²) in [4.78, 5) is 12.4. The van der Waals surface area contributed by atoms with E-state index >= 15 is 0 Å². The minimum atomic E-state index is 0.186. The number of aromatic nitrogens is 3. The average Bonchev–Trinajstić information content (AvgIpc) is 3.13. The number of hydrogen-bond acceptors (Lipinski definition) is 6. The number of pyridine rings is 1. The Bertz CT molecular complexity index is 1140. The van der Waals surface area contributed by atoms with Gasteiger partial charge in [0.15, 0.2) is 17.3 Å². The lowest BCUT2D eigenvalue weighted by Crippen LogP contribution is -2.15. The molecule has 0 spiro atoms. The first-order valence-electron chi connectivity index (χ1n) is 8.57. The molecule has 7 heteroatoms. The number of phenolic OH excluding ortho intramolecular Hbond substituents is 1. The van der Waals surface area contributed by atoms with Gasteiger partial charge in [0.2, 0.25) is 0 Å². The fourth-order valence-corrected chi connectivity index (χ4v) is 3.07. The predicted molar refractivity (Wildman–Crippen MR) is 102 cm³/mol. The molecule has 0 unspecified atom stereocenters. The van der Waals surface area contributed by atoms with E-state index in [4.69, 9.17) is 14.5 Å². The quantitative estimate of drug-likeness (QED) is 0.514. The van der Waals surface area contributed by atoms with Crippen LogP contribution in [0.4, 0.5) is 11.5 Å². The van der Waals surface area contributed by atoms with E-state index in [9.17, 15) is 5.11 Å². The molecular formula is C20H16N4O3. The summed E-state index contributed by atoms with van der Waals surface area (Å²) in [5.41, 5.74) is 3.21. The molecule has 0 atom stereocenters. The maximum atomic E-state index is 9.65. The van der Waals surface area contributed by atoms with Gasteiger partial charge in [-0.2, -0.15) is 0 Å². The smallest absolute Gasteiger partial charge is 0.162 e. The number of benzene rings is 2. The van der Waals surface area contributed by atoms with Gasteiger partial charge >= 0.3 is 0 Å². The average molecular weight is 360 g/mol. The highest BCUT2D eigenvalue weighted by Gasteiger charge is 2.15. The molecule has 0 radical (unpaired) electrons. The van der Waals surface area contributed by atoms with Crippen LogP contribution in [0.25, 0.3) is 22.4 Å². The molecule has 3 heterocycles. The van der Waals surface area contributed by atoms with E-state index < -0.39 is 0 Å². The van der Waals surface area contributed by atoms with Gasteiger partial charge in [-0.05, 0) is 36.4 Å². The van der Waals surface area contributed by atoms with Crippen molar-refractivity contribution >= 4 is 22.5 Å². The molecular weight excluding hydrogens is 344 g/mol. The summed E-state index contributed by atoms with van der Waals surface area (Å²) >= 11 is 0. The Morgan fingerprint density at radius 1 is 1.00 bits per heavy atom. The zero-order valence-corrected chi connectivity index (χ0v) is 14.3. The van der Waals surface area contributed by atoms with Crippen LogP contribution in [0.3, 0.4) is 0 Å². The van der Waals surface area contributed by atoms with Crippen molar-refractivity contribution in [3.05, 3.63) is 54.7 Å². The van der Waals surface area contributed by atoms with Gasteiger partial charge in [0.1, 0.15) is 30.3 Å². The number of phenols is 1. The molecule has 4 aromatic rings. The Morgan fingerprint density at radius 3 is 2.78 bits per heavy atom. The molecule has 3 N–H and O–H groups in total. The summed E-state index contributed by atoms with van der Waals surface area (Å²) in [5.74, 6) is 2.97. The van der Waals surface area contributed by atoms with Crippen molar-refractivity contribution in [2.45, 2.75) is 0 Å². The molecule has 2 aromatic carbocycles. The lowest BCUT2D eigenvalue weighted by Gasteiger charge is -2.18. The second kappa shape index (κ2) is 6.21. The lowest BCUT2D eigenvalue weighted by atomic mass is 10.2. The second-order valence-electron chi connectivity index (χ2n) is 6.17. The van der Waals surface area contributed by atoms with Crippen molar-refractivity contribution in [3.8, 4) is 28.6 Å². The van der Waals surface area contributed by atoms with E-state index in [0.29, 0.717) is 30.4 Å². The van der Waals surface area contributed by atoms with Crippen molar-refractivity contribution < 1.29 is 14.6 Å². The lowest BCUT2D eigenvalue weighted by molar-refractivity contribution is 0.171. The third-order valence-electron chi connectivity index (χ3n) is 4.33. The predicted octanol–water partition coefficient (Wildman–Crippen LogP) is 3.85. The first-order valence-corrected chi connectivity index (χ1v) is 8.57. The molecule has 0 bridgehead atoms. The summed E-state index contributed by atoms with van der Waals surface area (Å²) in [7, 11) is 0. The van der Waals surface area contributed by atoms with Gasteiger partial charge in [0, 0.05) is 23.5 Å². The third-order valence-corrected chi connectivity index (χ3v) is 4.33. The zero-order chi connectivity index (χ0) is 18.2. The molecule has 0 aliphatic carbocycles. The van der Waals surface area contributed by atoms with Crippen LogP contribution in [0.2, 0.25) is 0 Å². The van der Waals surface area contributed by atoms with E-state index in [1.54, 1.807) is 24.4 Å². The Balaban J connectivity index is 1.54. The number of H-pyrrole nitrogens is 1. The number of imidazole rings is 1. The van der Waals surface area contributed by atoms with Crippen molar-refractivity contribution in [2.75, 3.05) is 18.5 Å². The zero-order valence-electron chi connectivity index (χ0n) is 14.3. The Hall–Kier alpha value is -3.74. The second-order valence-corrected chi connectivity index (χ2v) is 6.17. The Kier molecular flexibility index (Phi) is 3.57. The minimum Gasteiger partial charge on any atom is -0.508 e. The SMILES string of the molecule is Oc1cccc(Nc2nccc3[nH]c(-c4ccc5c(c4)OCCO5)nc23)c1. The number of rotatable bonds is 3. The van der Waals surface area contributed by atoms with Crippen molar-refractivity contribution in [3.63, 3.8) is 0 Å². The first-order chi connectivity index (χ1) is 13.3. The molecule has 0 fully saturated rings. The van der Waals surface area contributed by atoms with Gasteiger partial charge in [-0.25, -0.2) is 9.97 Å². The van der Waals surface area contributed by atoms with Gasteiger partial charge in [-0.15, -0.1) is 0 Å². The van der Waals surface area contributed by atoms with Crippen molar-refractivity contribution in [1.29, 1.82) is 0 Å². The summed E-state index contributed by atoms with van der Waals surface area (Å²) in [5, 5.41) is 12.9. The fraction of sp³-hybridized carbons (Fsp3) is 0.100. The van der Waals surface area contributed by atoms with Crippen LogP contribution in [0.5, 0.6) is 17.2 Å². The first kappa shape index (κ1) is 15.5. The summed E-state index contributed by atoms with van der Waals surface area (Å²) in [6.07, 6.45) is 1.71. The number of aromatic hydroxyl groups is 1. The molecule has 0 saturated carbocycles. The molecule has 1 aliphatic rings. The summed E-state index contributed by atoms with van der Waals surface area (Å²) in [6.45, 7) is 1.10. The maximum absolute atomic E-state index is 9.65. The molecule has 1 aliphatic heterocycles. The molecule has 134 valence electrons. The van der Waals surface area contributed by atoms with E-state index in [1.807, 2.05) is 30.3 Å². The van der Waals surface area contributed by atoms with E-state index in [2.05, 4.69) is 15.3 Å². The highest BCUT2D eigenvalue weighted by atomic mass is 16.6. The van der Waals surface area contributed by atoms with Gasteiger partial charge in [-0.3, -0.25) is 0 Å². The van der Waals surface area contributed by atoms with E-state index in [0.717, 1.165) is 28.3 Å². The number of hydrogen-bond donors (Lipinski definition) is 3. The van der Waals surface area contributed by atoms with Gasteiger partial charge in [0.25, 0.3) is 0 Å². The third kappa shape index (κ3) is 2.89. The van der Waals surface area contributed by atoms with E-state index in [-0.39, 0.29) is 5.75 Å². The number of fused-ring (bicyclic) bond motifs is 2. The molecule has 7 nitrogen and oxygen atoms in total. The van der Waals surface area contributed by atoms with Crippen LogP contribution in [0, 0.1) is 0 Å². The molecule has 5 rings (SSSR count). The summed E-state index contributed by atoms with van der Waals surface area (Å²) < 4.78 is 11.2. The standard InChI is InChI=1S/C20H16N4O3/c25-14-3-1-2-13(11-14)22-20-18-15(6-7-21-20)23-19(24-18)12-4-5-16-17(10-12)27-9-8-26-16/h1-7,10-11,25H,8-9H2,(H,21,22)(H,23,24). The van der Waals surface area contributed by atoms with Gasteiger partial charge < -0.3 is 24.9 Å². The fourth-order valence-electron chi connectivity index (χ4n) is 3.07. The largest absolute Gasteiger partial charge is 0.508 e. The molecule has 2 aromatic heterocycles. The number of ether oxygens (including phenoxy) is 2. The van der Waals surface area contributed by atoms with Crippen molar-refractivity contribution in [1.82, 2.24) is 15.0 Å². The number of anilines is 2. The Morgan fingerprint density at radius 2 is 1.89 bits per heavy atom. The van der Waals surface area contributed by atoms with Crippen LogP contribution in [0.1, 0.15) is 0 Å². The van der Waals surface area contributed by atoms with Crippen molar-refractivity contribution in [2.24, 2.45) is 0 Å². The number of nitrogens with zero attached hydrogens (tertiary/aromatic N) is 2. The van der Waals surface area contributed by atoms with Crippen LogP contribution >= 0.6 is 0 Å². The van der Waals surface area contributed by atoms with Gasteiger partial charge in [0.05, 0.1) is 5.52 Å². The van der Waals surface area contributed by atoms with Crippen LogP contribution in [-0.4, -0.2) is 33.3 Å². The molecule has 0 amide bonds.